The van der Waals surface area contributed by atoms with Gasteiger partial charge in [-0.1, -0.05) is 53.6 Å². The number of allylic oxidation sites excluding steroid dienone is 1. The summed E-state index contributed by atoms with van der Waals surface area (Å²) < 4.78 is 36.1. The molecule has 1 saturated heterocycles. The maximum absolute atomic E-state index is 14.0. The number of hydrogen-bond donors (Lipinski definition) is 3. The Morgan fingerprint density at radius 2 is 1.86 bits per heavy atom. The van der Waals surface area contributed by atoms with Gasteiger partial charge in [0.25, 0.3) is 0 Å². The van der Waals surface area contributed by atoms with Crippen molar-refractivity contribution in [3.8, 4) is 5.75 Å². The normalized spacial score (nSPS) is 25.7. The fraction of sp³-hybridized carbons (Fsp3) is 0.370. The summed E-state index contributed by atoms with van der Waals surface area (Å²) in [5, 5.41) is 27.6. The van der Waals surface area contributed by atoms with Crippen LogP contribution in [0, 0.1) is 0 Å². The molecule has 0 radical (unpaired) electrons. The molecule has 2 aliphatic heterocycles. The number of hydrogen-bond acceptors (Lipinski definition) is 11. The minimum absolute atomic E-state index is 0.0512. The van der Waals surface area contributed by atoms with Crippen LogP contribution in [0.4, 0.5) is 0 Å². The number of nitrogens with zero attached hydrogens (tertiary/aromatic N) is 4. The van der Waals surface area contributed by atoms with E-state index >= 15 is 0 Å². The fourth-order valence-corrected chi connectivity index (χ4v) is 5.78. The van der Waals surface area contributed by atoms with E-state index in [-0.39, 0.29) is 17.9 Å². The van der Waals surface area contributed by atoms with Crippen molar-refractivity contribution < 1.29 is 47.7 Å². The van der Waals surface area contributed by atoms with Gasteiger partial charge in [0.1, 0.15) is 30.6 Å². The SMILES string of the molecule is CC1=CN([C@@H]2O[C@@](COP(=O)(N[C@@H](C)C(=O)OCc3ccccc3)Oc3ccccc3)(N=[N+]=[N-])[C@@H](O)[C@H]2O)C(=O)CC1=O. The first kappa shape index (κ1) is 31.9. The number of carbonyl (C=O) groups excluding carboxylic acids is 3. The number of ketones is 1. The van der Waals surface area contributed by atoms with Crippen LogP contribution >= 0.6 is 7.75 Å². The minimum Gasteiger partial charge on any atom is -0.460 e. The molecule has 0 bridgehead atoms. The Bertz CT molecular complexity index is 1470. The van der Waals surface area contributed by atoms with Crippen LogP contribution in [0.1, 0.15) is 25.8 Å². The number of Topliss-reactive ketones (excluding diaryl/α,β-unsaturated/α-hetero) is 1. The maximum Gasteiger partial charge on any atom is 0.459 e. The summed E-state index contributed by atoms with van der Waals surface area (Å²) in [6.45, 7) is 1.81. The van der Waals surface area contributed by atoms with Crippen molar-refractivity contribution in [2.45, 2.75) is 57.1 Å². The number of ether oxygens (including phenoxy) is 2. The van der Waals surface area contributed by atoms with Crippen molar-refractivity contribution in [2.75, 3.05) is 6.61 Å². The van der Waals surface area contributed by atoms with Crippen LogP contribution in [0.3, 0.4) is 0 Å². The summed E-state index contributed by atoms with van der Waals surface area (Å²) in [7, 11) is -4.54. The molecule has 1 unspecified atom stereocenters. The second-order valence-electron chi connectivity index (χ2n) is 9.81. The molecule has 2 aromatic rings. The number of rotatable bonds is 12. The molecule has 228 valence electrons. The standard InChI is InChI=1S/C27H30N5O10P/c1-17-14-32(22(34)13-21(17)33)25-23(35)24(36)27(41-25,30-31-28)16-40-43(38,42-20-11-7-4-8-12-20)29-18(2)26(37)39-15-19-9-5-3-6-10-19/h3-12,14,18,23-25,35-36H,13,15-16H2,1-2H3,(H,29,38)/t18-,23+,24-,25+,27+,43?/m0/s1. The Kier molecular flexibility index (Phi) is 9.99. The van der Waals surface area contributed by atoms with Crippen molar-refractivity contribution >= 4 is 25.4 Å². The highest BCUT2D eigenvalue weighted by Gasteiger charge is 2.58. The zero-order chi connectivity index (χ0) is 31.2. The lowest BCUT2D eigenvalue weighted by Crippen LogP contribution is -2.47. The first-order valence-electron chi connectivity index (χ1n) is 13.1. The molecule has 2 aliphatic rings. The molecule has 4 rings (SSSR count). The van der Waals surface area contributed by atoms with Gasteiger partial charge in [-0.25, -0.2) is 4.57 Å². The van der Waals surface area contributed by atoms with Gasteiger partial charge in [0.15, 0.2) is 12.0 Å². The Hall–Kier alpha value is -4.07. The Morgan fingerprint density at radius 3 is 2.51 bits per heavy atom. The molecule has 15 nitrogen and oxygen atoms in total. The number of benzene rings is 2. The molecule has 0 aliphatic carbocycles. The quantitative estimate of drug-likeness (QED) is 0.0789. The molecule has 2 heterocycles. The number of azide groups is 1. The highest BCUT2D eigenvalue weighted by Crippen LogP contribution is 2.47. The van der Waals surface area contributed by atoms with Crippen LogP contribution in [-0.2, 0) is 39.6 Å². The average molecular weight is 616 g/mol. The third kappa shape index (κ3) is 7.48. The zero-order valence-corrected chi connectivity index (χ0v) is 24.1. The Morgan fingerprint density at radius 1 is 1.21 bits per heavy atom. The van der Waals surface area contributed by atoms with Crippen LogP contribution in [-0.4, -0.2) is 69.6 Å². The summed E-state index contributed by atoms with van der Waals surface area (Å²) >= 11 is 0. The fourth-order valence-electron chi connectivity index (χ4n) is 4.27. The smallest absolute Gasteiger partial charge is 0.459 e. The lowest BCUT2D eigenvalue weighted by molar-refractivity contribution is -0.159. The van der Waals surface area contributed by atoms with Crippen LogP contribution in [0.5, 0.6) is 5.75 Å². The van der Waals surface area contributed by atoms with Gasteiger partial charge in [-0.05, 0) is 37.1 Å². The monoisotopic (exact) mass is 615 g/mol. The molecule has 0 spiro atoms. The lowest BCUT2D eigenvalue weighted by atomic mass is 10.0. The second-order valence-corrected chi connectivity index (χ2v) is 11.5. The number of aliphatic hydroxyl groups excluding tert-OH is 2. The molecule has 1 fully saturated rings. The molecule has 1 amide bonds. The summed E-state index contributed by atoms with van der Waals surface area (Å²) in [4.78, 5) is 40.8. The van der Waals surface area contributed by atoms with Crippen molar-refractivity contribution in [1.82, 2.24) is 9.99 Å². The average Bonchev–Trinajstić information content (AvgIpc) is 3.23. The molecule has 0 saturated carbocycles. The summed E-state index contributed by atoms with van der Waals surface area (Å²) in [5.41, 5.74) is 7.79. The zero-order valence-electron chi connectivity index (χ0n) is 23.2. The van der Waals surface area contributed by atoms with E-state index in [0.717, 1.165) is 16.7 Å². The summed E-state index contributed by atoms with van der Waals surface area (Å²) in [6.07, 6.45) is -4.75. The molecule has 43 heavy (non-hydrogen) atoms. The van der Waals surface area contributed by atoms with Gasteiger partial charge >= 0.3 is 13.7 Å². The minimum atomic E-state index is -4.54. The second kappa shape index (κ2) is 13.5. The van der Waals surface area contributed by atoms with Crippen LogP contribution < -0.4 is 9.61 Å². The third-order valence-corrected chi connectivity index (χ3v) is 8.23. The van der Waals surface area contributed by atoms with E-state index < -0.39 is 68.6 Å². The van der Waals surface area contributed by atoms with Gasteiger partial charge in [-0.2, -0.15) is 5.09 Å². The Labute approximate surface area is 246 Å². The van der Waals surface area contributed by atoms with Gasteiger partial charge < -0.3 is 24.2 Å². The van der Waals surface area contributed by atoms with Gasteiger partial charge in [-0.15, -0.1) is 0 Å². The predicted molar refractivity (Wildman–Crippen MR) is 148 cm³/mol. The maximum atomic E-state index is 14.0. The largest absolute Gasteiger partial charge is 0.460 e. The van der Waals surface area contributed by atoms with E-state index in [2.05, 4.69) is 15.1 Å². The van der Waals surface area contributed by atoms with Crippen molar-refractivity contribution in [3.63, 3.8) is 0 Å². The topological polar surface area (TPSA) is 210 Å². The molecule has 2 aromatic carbocycles. The summed E-state index contributed by atoms with van der Waals surface area (Å²) in [5.74, 6) is -1.87. The van der Waals surface area contributed by atoms with Gasteiger partial charge in [-0.3, -0.25) is 23.8 Å². The number of amides is 1. The Balaban J connectivity index is 1.55. The van der Waals surface area contributed by atoms with Crippen molar-refractivity contribution in [2.24, 2.45) is 5.11 Å². The lowest BCUT2D eigenvalue weighted by Gasteiger charge is -2.32. The molecule has 6 atom stereocenters. The number of esters is 1. The number of aliphatic hydroxyl groups is 2. The van der Waals surface area contributed by atoms with Crippen LogP contribution in [0.2, 0.25) is 0 Å². The van der Waals surface area contributed by atoms with E-state index in [1.807, 2.05) is 6.07 Å². The van der Waals surface area contributed by atoms with Crippen molar-refractivity contribution in [3.05, 3.63) is 88.4 Å². The van der Waals surface area contributed by atoms with Gasteiger partial charge in [0, 0.05) is 16.7 Å². The molecular weight excluding hydrogens is 585 g/mol. The predicted octanol–water partition coefficient (Wildman–Crippen LogP) is 2.70. The highest BCUT2D eigenvalue weighted by atomic mass is 31.2. The highest BCUT2D eigenvalue weighted by molar-refractivity contribution is 7.52. The summed E-state index contributed by atoms with van der Waals surface area (Å²) in [6, 6.07) is 15.5. The number of carbonyl (C=O) groups is 3. The van der Waals surface area contributed by atoms with Crippen molar-refractivity contribution in [1.29, 1.82) is 0 Å². The van der Waals surface area contributed by atoms with E-state index in [1.54, 1.807) is 42.5 Å². The van der Waals surface area contributed by atoms with E-state index in [9.17, 15) is 34.7 Å². The van der Waals surface area contributed by atoms with E-state index in [0.29, 0.717) is 0 Å². The molecular formula is C27H30N5O10P. The first-order chi connectivity index (χ1) is 20.5. The molecule has 0 aromatic heterocycles. The molecule has 3 N–H and O–H groups in total. The van der Waals surface area contributed by atoms with Crippen LogP contribution in [0.25, 0.3) is 10.4 Å². The van der Waals surface area contributed by atoms with Gasteiger partial charge in [0.2, 0.25) is 11.6 Å². The van der Waals surface area contributed by atoms with Gasteiger partial charge in [0.05, 0.1) is 13.0 Å². The third-order valence-electron chi connectivity index (χ3n) is 6.60. The van der Waals surface area contributed by atoms with E-state index in [1.165, 1.54) is 26.0 Å². The van der Waals surface area contributed by atoms with Crippen LogP contribution in [0.15, 0.2) is 77.6 Å². The molecule has 16 heteroatoms. The number of para-hydroxylation sites is 1. The first-order valence-corrected chi connectivity index (χ1v) is 14.6. The number of nitrogens with one attached hydrogen (secondary N) is 1. The van der Waals surface area contributed by atoms with E-state index in [4.69, 9.17) is 18.5 Å².